The summed E-state index contributed by atoms with van der Waals surface area (Å²) in [5.41, 5.74) is 0.972. The Morgan fingerprint density at radius 2 is 2.10 bits per heavy atom. The molecule has 0 amide bonds. The van der Waals surface area contributed by atoms with Gasteiger partial charge in [0, 0.05) is 23.5 Å². The van der Waals surface area contributed by atoms with Gasteiger partial charge >= 0.3 is 0 Å². The van der Waals surface area contributed by atoms with E-state index in [1.54, 1.807) is 22.8 Å². The van der Waals surface area contributed by atoms with E-state index in [9.17, 15) is 13.5 Å². The molecular formula is C14H17ClN2O3S. The van der Waals surface area contributed by atoms with Gasteiger partial charge in [-0.1, -0.05) is 24.6 Å². The summed E-state index contributed by atoms with van der Waals surface area (Å²) < 4.78 is 28.9. The van der Waals surface area contributed by atoms with Crippen LogP contribution in [0.4, 0.5) is 5.69 Å². The van der Waals surface area contributed by atoms with Crippen LogP contribution in [0.3, 0.4) is 0 Å². The number of benzene rings is 1. The predicted molar refractivity (Wildman–Crippen MR) is 82.9 cm³/mol. The third kappa shape index (κ3) is 3.78. The van der Waals surface area contributed by atoms with Crippen molar-refractivity contribution in [3.05, 3.63) is 47.2 Å². The van der Waals surface area contributed by atoms with Gasteiger partial charge in [0.15, 0.2) is 0 Å². The molecule has 0 aliphatic rings. The number of hydrogen-bond acceptors (Lipinski definition) is 3. The van der Waals surface area contributed by atoms with Crippen LogP contribution in [-0.4, -0.2) is 18.1 Å². The Bertz CT molecular complexity index is 726. The first-order valence-electron chi connectivity index (χ1n) is 6.54. The Balaban J connectivity index is 2.31. The Morgan fingerprint density at radius 3 is 2.71 bits per heavy atom. The zero-order valence-corrected chi connectivity index (χ0v) is 13.2. The molecule has 2 aromatic rings. The van der Waals surface area contributed by atoms with E-state index in [1.807, 2.05) is 6.92 Å². The van der Waals surface area contributed by atoms with Crippen LogP contribution in [0, 0.1) is 0 Å². The largest absolute Gasteiger partial charge is 0.390 e. The lowest BCUT2D eigenvalue weighted by molar-refractivity contribution is 0.270. The fraction of sp³-hybridized carbons (Fsp3) is 0.286. The number of halogens is 1. The van der Waals surface area contributed by atoms with E-state index in [4.69, 9.17) is 11.6 Å². The Hall–Kier alpha value is -1.50. The molecule has 0 aliphatic heterocycles. The van der Waals surface area contributed by atoms with Crippen molar-refractivity contribution in [1.29, 1.82) is 0 Å². The molecule has 2 N–H and O–H groups in total. The molecule has 2 rings (SSSR count). The van der Waals surface area contributed by atoms with Crippen molar-refractivity contribution in [3.8, 4) is 0 Å². The summed E-state index contributed by atoms with van der Waals surface area (Å²) in [6, 6.07) is 7.97. The van der Waals surface area contributed by atoms with Gasteiger partial charge in [-0.05, 0) is 30.7 Å². The van der Waals surface area contributed by atoms with E-state index in [0.29, 0.717) is 22.9 Å². The monoisotopic (exact) mass is 328 g/mol. The first-order chi connectivity index (χ1) is 9.96. The minimum Gasteiger partial charge on any atom is -0.390 e. The van der Waals surface area contributed by atoms with Gasteiger partial charge in [-0.25, -0.2) is 8.42 Å². The maximum Gasteiger partial charge on any atom is 0.263 e. The standard InChI is InChI=1S/C14H17ClN2O3S/c1-2-6-17-9-14(8-13(17)10-18)21(19,20)16-12-5-3-4-11(15)7-12/h3-5,7-9,16,18H,2,6,10H2,1H3. The summed E-state index contributed by atoms with van der Waals surface area (Å²) in [7, 11) is -3.70. The summed E-state index contributed by atoms with van der Waals surface area (Å²) in [6.45, 7) is 2.44. The highest BCUT2D eigenvalue weighted by Crippen LogP contribution is 2.21. The van der Waals surface area contributed by atoms with Gasteiger partial charge in [-0.15, -0.1) is 0 Å². The van der Waals surface area contributed by atoms with Gasteiger partial charge < -0.3 is 9.67 Å². The average Bonchev–Trinajstić information content (AvgIpc) is 2.83. The van der Waals surface area contributed by atoms with Crippen LogP contribution < -0.4 is 4.72 Å². The number of nitrogens with zero attached hydrogens (tertiary/aromatic N) is 1. The van der Waals surface area contributed by atoms with Gasteiger partial charge in [-0.3, -0.25) is 4.72 Å². The Kier molecular flexibility index (Phi) is 4.92. The van der Waals surface area contributed by atoms with Gasteiger partial charge in [0.05, 0.1) is 12.3 Å². The zero-order chi connectivity index (χ0) is 15.5. The molecule has 5 nitrogen and oxygen atoms in total. The predicted octanol–water partition coefficient (Wildman–Crippen LogP) is 2.84. The third-order valence-electron chi connectivity index (χ3n) is 2.97. The Labute approximate surface area is 129 Å². The molecule has 0 aliphatic carbocycles. The van der Waals surface area contributed by atoms with Crippen LogP contribution in [-0.2, 0) is 23.2 Å². The maximum absolute atomic E-state index is 12.3. The first-order valence-corrected chi connectivity index (χ1v) is 8.40. The second-order valence-corrected chi connectivity index (χ2v) is 6.75. The number of rotatable bonds is 6. The SMILES string of the molecule is CCCn1cc(S(=O)(=O)Nc2cccc(Cl)c2)cc1CO. The molecule has 0 saturated carbocycles. The lowest BCUT2D eigenvalue weighted by Crippen LogP contribution is -2.12. The molecule has 1 aromatic carbocycles. The van der Waals surface area contributed by atoms with Crippen molar-refractivity contribution in [2.75, 3.05) is 4.72 Å². The molecule has 0 fully saturated rings. The number of hydrogen-bond donors (Lipinski definition) is 2. The highest BCUT2D eigenvalue weighted by atomic mass is 35.5. The summed E-state index contributed by atoms with van der Waals surface area (Å²) >= 11 is 5.84. The average molecular weight is 329 g/mol. The van der Waals surface area contributed by atoms with Crippen LogP contribution in [0.15, 0.2) is 41.4 Å². The molecule has 21 heavy (non-hydrogen) atoms. The van der Waals surface area contributed by atoms with Crippen molar-refractivity contribution in [2.24, 2.45) is 0 Å². The zero-order valence-electron chi connectivity index (χ0n) is 11.6. The number of sulfonamides is 1. The molecule has 0 bridgehead atoms. The molecular weight excluding hydrogens is 312 g/mol. The lowest BCUT2D eigenvalue weighted by atomic mass is 10.3. The summed E-state index contributed by atoms with van der Waals surface area (Å²) in [4.78, 5) is 0.125. The van der Waals surface area contributed by atoms with E-state index >= 15 is 0 Å². The van der Waals surface area contributed by atoms with Crippen LogP contribution in [0.5, 0.6) is 0 Å². The lowest BCUT2D eigenvalue weighted by Gasteiger charge is -2.06. The number of aliphatic hydroxyl groups excluding tert-OH is 1. The summed E-state index contributed by atoms with van der Waals surface area (Å²) in [5.74, 6) is 0. The minimum atomic E-state index is -3.70. The van der Waals surface area contributed by atoms with Crippen molar-refractivity contribution in [2.45, 2.75) is 31.4 Å². The van der Waals surface area contributed by atoms with Crippen molar-refractivity contribution in [1.82, 2.24) is 4.57 Å². The van der Waals surface area contributed by atoms with E-state index < -0.39 is 10.0 Å². The van der Waals surface area contributed by atoms with E-state index in [2.05, 4.69) is 4.72 Å². The van der Waals surface area contributed by atoms with Gasteiger partial charge in [0.25, 0.3) is 10.0 Å². The molecule has 114 valence electrons. The molecule has 0 unspecified atom stereocenters. The maximum atomic E-state index is 12.3. The first kappa shape index (κ1) is 15.9. The molecule has 0 saturated heterocycles. The molecule has 7 heteroatoms. The molecule has 0 radical (unpaired) electrons. The van der Waals surface area contributed by atoms with Crippen LogP contribution in [0.25, 0.3) is 0 Å². The van der Waals surface area contributed by atoms with E-state index in [-0.39, 0.29) is 11.5 Å². The Morgan fingerprint density at radius 1 is 1.33 bits per heavy atom. The summed E-state index contributed by atoms with van der Waals surface area (Å²) in [6.07, 6.45) is 2.38. The quantitative estimate of drug-likeness (QED) is 0.856. The van der Waals surface area contributed by atoms with Crippen LogP contribution >= 0.6 is 11.6 Å². The van der Waals surface area contributed by atoms with Crippen molar-refractivity contribution in [3.63, 3.8) is 0 Å². The fourth-order valence-electron chi connectivity index (χ4n) is 2.02. The van der Waals surface area contributed by atoms with Gasteiger partial charge in [-0.2, -0.15) is 0 Å². The number of aryl methyl sites for hydroxylation is 1. The molecule has 1 aromatic heterocycles. The minimum absolute atomic E-state index is 0.125. The van der Waals surface area contributed by atoms with E-state index in [0.717, 1.165) is 6.42 Å². The third-order valence-corrected chi connectivity index (χ3v) is 4.56. The summed E-state index contributed by atoms with van der Waals surface area (Å²) in [5, 5.41) is 9.75. The topological polar surface area (TPSA) is 71.3 Å². The van der Waals surface area contributed by atoms with Crippen LogP contribution in [0.2, 0.25) is 5.02 Å². The molecule has 0 atom stereocenters. The second kappa shape index (κ2) is 6.51. The normalized spacial score (nSPS) is 11.6. The highest BCUT2D eigenvalue weighted by molar-refractivity contribution is 7.92. The second-order valence-electron chi connectivity index (χ2n) is 4.63. The smallest absolute Gasteiger partial charge is 0.263 e. The number of anilines is 1. The molecule has 0 spiro atoms. The van der Waals surface area contributed by atoms with Gasteiger partial charge in [0.1, 0.15) is 4.90 Å². The van der Waals surface area contributed by atoms with Crippen molar-refractivity contribution >= 4 is 27.3 Å². The number of nitrogens with one attached hydrogen (secondary N) is 1. The van der Waals surface area contributed by atoms with Crippen LogP contribution in [0.1, 0.15) is 19.0 Å². The fourth-order valence-corrected chi connectivity index (χ4v) is 3.32. The van der Waals surface area contributed by atoms with E-state index in [1.165, 1.54) is 18.3 Å². The highest BCUT2D eigenvalue weighted by Gasteiger charge is 2.18. The van der Waals surface area contributed by atoms with Crippen molar-refractivity contribution < 1.29 is 13.5 Å². The van der Waals surface area contributed by atoms with Gasteiger partial charge in [0.2, 0.25) is 0 Å². The number of aliphatic hydroxyl groups is 1. The molecule has 1 heterocycles. The number of aromatic nitrogens is 1.